The Bertz CT molecular complexity index is 1680. The van der Waals surface area contributed by atoms with Gasteiger partial charge in [0.15, 0.2) is 0 Å². The first-order valence-electron chi connectivity index (χ1n) is 12.8. The molecule has 1 heteroatoms. The van der Waals surface area contributed by atoms with E-state index in [0.29, 0.717) is 0 Å². The molecule has 0 saturated carbocycles. The van der Waals surface area contributed by atoms with Crippen LogP contribution in [0.1, 0.15) is 22.3 Å². The minimum absolute atomic E-state index is 1.15. The highest BCUT2D eigenvalue weighted by Crippen LogP contribution is 2.40. The second-order valence-electron chi connectivity index (χ2n) is 9.67. The van der Waals surface area contributed by atoms with E-state index in [-0.39, 0.29) is 0 Å². The maximum Gasteiger partial charge on any atom is 0.0540 e. The maximum atomic E-state index is 2.36. The van der Waals surface area contributed by atoms with Gasteiger partial charge in [0.25, 0.3) is 0 Å². The zero-order valence-electron chi connectivity index (χ0n) is 21.2. The molecule has 0 saturated heterocycles. The van der Waals surface area contributed by atoms with Gasteiger partial charge >= 0.3 is 0 Å². The van der Waals surface area contributed by atoms with E-state index in [4.69, 9.17) is 0 Å². The lowest BCUT2D eigenvalue weighted by molar-refractivity contribution is 1.28. The molecule has 0 unspecified atom stereocenters. The average molecular weight is 476 g/mol. The summed E-state index contributed by atoms with van der Waals surface area (Å²) < 4.78 is 0. The van der Waals surface area contributed by atoms with Gasteiger partial charge in [0.05, 0.1) is 5.69 Å². The first-order chi connectivity index (χ1) is 18.2. The Labute approximate surface area is 218 Å². The van der Waals surface area contributed by atoms with Gasteiger partial charge in [0.1, 0.15) is 0 Å². The molecule has 0 fully saturated rings. The van der Waals surface area contributed by atoms with Crippen LogP contribution in [0.2, 0.25) is 0 Å². The fourth-order valence-electron chi connectivity index (χ4n) is 4.96. The molecule has 0 heterocycles. The van der Waals surface area contributed by atoms with Gasteiger partial charge in [0, 0.05) is 16.8 Å². The van der Waals surface area contributed by atoms with Crippen molar-refractivity contribution in [3.63, 3.8) is 0 Å². The van der Waals surface area contributed by atoms with Crippen molar-refractivity contribution in [3.8, 4) is 0 Å². The highest BCUT2D eigenvalue weighted by atomic mass is 15.1. The van der Waals surface area contributed by atoms with E-state index in [1.165, 1.54) is 49.5 Å². The third kappa shape index (κ3) is 4.64. The topological polar surface area (TPSA) is 3.24 Å². The zero-order chi connectivity index (χ0) is 25.2. The second-order valence-corrected chi connectivity index (χ2v) is 9.67. The van der Waals surface area contributed by atoms with Crippen molar-refractivity contribution in [1.29, 1.82) is 0 Å². The van der Waals surface area contributed by atoms with Crippen LogP contribution in [0.15, 0.2) is 127 Å². The summed E-state index contributed by atoms with van der Waals surface area (Å²) in [6.45, 7) is 4.26. The van der Waals surface area contributed by atoms with Crippen LogP contribution in [0, 0.1) is 13.8 Å². The SMILES string of the molecule is Cc1ccc(N(c2ccc(C)cc2)c2ccc(C=Cc3ccc4ccccc4c3)c3ccccc23)cc1. The van der Waals surface area contributed by atoms with E-state index in [1.54, 1.807) is 0 Å². The zero-order valence-corrected chi connectivity index (χ0v) is 21.2. The molecule has 1 nitrogen and oxygen atoms in total. The van der Waals surface area contributed by atoms with Gasteiger partial charge in [-0.1, -0.05) is 114 Å². The minimum atomic E-state index is 1.15. The Morgan fingerprint density at radius 1 is 0.486 bits per heavy atom. The largest absolute Gasteiger partial charge is 0.310 e. The van der Waals surface area contributed by atoms with Crippen LogP contribution in [0.25, 0.3) is 33.7 Å². The monoisotopic (exact) mass is 475 g/mol. The predicted octanol–water partition coefficient (Wildman–Crippen LogP) is 10.3. The number of hydrogen-bond acceptors (Lipinski definition) is 1. The van der Waals surface area contributed by atoms with Gasteiger partial charge in [-0.3, -0.25) is 0 Å². The fraction of sp³-hybridized carbons (Fsp3) is 0.0556. The number of rotatable bonds is 5. The summed E-state index contributed by atoms with van der Waals surface area (Å²) in [5.41, 5.74) is 8.40. The molecular formula is C36H29N. The smallest absolute Gasteiger partial charge is 0.0540 e. The third-order valence-corrected chi connectivity index (χ3v) is 6.99. The maximum absolute atomic E-state index is 2.36. The summed E-state index contributed by atoms with van der Waals surface area (Å²) in [7, 11) is 0. The summed E-state index contributed by atoms with van der Waals surface area (Å²) in [5, 5.41) is 4.99. The average Bonchev–Trinajstić information content (AvgIpc) is 2.94. The van der Waals surface area contributed by atoms with E-state index in [9.17, 15) is 0 Å². The Balaban J connectivity index is 1.46. The normalized spacial score (nSPS) is 11.4. The van der Waals surface area contributed by atoms with Gasteiger partial charge in [-0.05, 0) is 77.5 Å². The lowest BCUT2D eigenvalue weighted by Gasteiger charge is -2.27. The highest BCUT2D eigenvalue weighted by molar-refractivity contribution is 6.03. The predicted molar refractivity (Wildman–Crippen MR) is 161 cm³/mol. The minimum Gasteiger partial charge on any atom is -0.310 e. The van der Waals surface area contributed by atoms with Gasteiger partial charge < -0.3 is 4.90 Å². The Morgan fingerprint density at radius 3 is 1.76 bits per heavy atom. The molecule has 0 bridgehead atoms. The van der Waals surface area contributed by atoms with E-state index < -0.39 is 0 Å². The van der Waals surface area contributed by atoms with Gasteiger partial charge in [-0.25, -0.2) is 0 Å². The molecule has 0 amide bonds. The van der Waals surface area contributed by atoms with Crippen molar-refractivity contribution in [2.75, 3.05) is 4.90 Å². The lowest BCUT2D eigenvalue weighted by atomic mass is 9.99. The quantitative estimate of drug-likeness (QED) is 0.224. The highest BCUT2D eigenvalue weighted by Gasteiger charge is 2.16. The number of anilines is 3. The van der Waals surface area contributed by atoms with Crippen molar-refractivity contribution >= 4 is 50.8 Å². The van der Waals surface area contributed by atoms with Gasteiger partial charge in [-0.2, -0.15) is 0 Å². The van der Waals surface area contributed by atoms with Gasteiger partial charge in [-0.15, -0.1) is 0 Å². The van der Waals surface area contributed by atoms with Crippen LogP contribution in [0.5, 0.6) is 0 Å². The van der Waals surface area contributed by atoms with Crippen LogP contribution >= 0.6 is 0 Å². The van der Waals surface area contributed by atoms with Crippen molar-refractivity contribution in [1.82, 2.24) is 0 Å². The first-order valence-corrected chi connectivity index (χ1v) is 12.8. The van der Waals surface area contributed by atoms with Crippen molar-refractivity contribution in [2.24, 2.45) is 0 Å². The van der Waals surface area contributed by atoms with E-state index in [0.717, 1.165) is 11.4 Å². The standard InChI is InChI=1S/C36H29N/c1-26-11-20-32(21-12-26)37(33-22-13-27(2)14-23-33)36-24-19-30(34-9-5-6-10-35(34)36)18-16-28-15-17-29-7-3-4-8-31(29)25-28/h3-25H,1-2H3. The number of fused-ring (bicyclic) bond motifs is 2. The lowest BCUT2D eigenvalue weighted by Crippen LogP contribution is -2.10. The molecule has 37 heavy (non-hydrogen) atoms. The van der Waals surface area contributed by atoms with E-state index >= 15 is 0 Å². The summed E-state index contributed by atoms with van der Waals surface area (Å²) in [6.07, 6.45) is 4.45. The summed E-state index contributed by atoms with van der Waals surface area (Å²) in [6, 6.07) is 45.9. The third-order valence-electron chi connectivity index (χ3n) is 6.99. The van der Waals surface area contributed by atoms with Crippen LogP contribution in [-0.4, -0.2) is 0 Å². The number of hydrogen-bond donors (Lipinski definition) is 0. The first kappa shape index (κ1) is 22.8. The molecule has 0 aliphatic heterocycles. The fourth-order valence-corrected chi connectivity index (χ4v) is 4.96. The van der Waals surface area contributed by atoms with Crippen molar-refractivity contribution < 1.29 is 0 Å². The molecule has 6 aromatic rings. The second kappa shape index (κ2) is 9.79. The molecule has 6 rings (SSSR count). The molecule has 0 aliphatic rings. The molecule has 0 radical (unpaired) electrons. The van der Waals surface area contributed by atoms with Crippen molar-refractivity contribution in [3.05, 3.63) is 150 Å². The number of aryl methyl sites for hydroxylation is 2. The van der Waals surface area contributed by atoms with Crippen LogP contribution in [0.4, 0.5) is 17.1 Å². The molecule has 6 aromatic carbocycles. The van der Waals surface area contributed by atoms with Crippen molar-refractivity contribution in [2.45, 2.75) is 13.8 Å². The van der Waals surface area contributed by atoms with Crippen LogP contribution < -0.4 is 4.90 Å². The summed E-state index contributed by atoms with van der Waals surface area (Å²) in [4.78, 5) is 2.36. The molecule has 0 atom stereocenters. The number of nitrogens with zero attached hydrogens (tertiary/aromatic N) is 1. The van der Waals surface area contributed by atoms with E-state index in [1.807, 2.05) is 0 Å². The number of benzene rings is 6. The molecule has 0 N–H and O–H groups in total. The summed E-state index contributed by atoms with van der Waals surface area (Å²) in [5.74, 6) is 0. The molecule has 0 aromatic heterocycles. The molecule has 0 spiro atoms. The van der Waals surface area contributed by atoms with Gasteiger partial charge in [0.2, 0.25) is 0 Å². The molecule has 0 aliphatic carbocycles. The van der Waals surface area contributed by atoms with Crippen LogP contribution in [-0.2, 0) is 0 Å². The summed E-state index contributed by atoms with van der Waals surface area (Å²) >= 11 is 0. The Hall–Kier alpha value is -4.62. The van der Waals surface area contributed by atoms with Crippen LogP contribution in [0.3, 0.4) is 0 Å². The molecule has 178 valence electrons. The Kier molecular flexibility index (Phi) is 6.04. The van der Waals surface area contributed by atoms with E-state index in [2.05, 4.69) is 158 Å². The Morgan fingerprint density at radius 2 is 1.08 bits per heavy atom. The molecular weight excluding hydrogens is 446 g/mol.